The summed E-state index contributed by atoms with van der Waals surface area (Å²) in [7, 11) is 0. The van der Waals surface area contributed by atoms with Gasteiger partial charge in [-0.1, -0.05) is 12.2 Å². The molecular weight excluding hydrogens is 236 g/mol. The molecule has 2 fully saturated rings. The van der Waals surface area contributed by atoms with Crippen molar-refractivity contribution < 1.29 is 24.1 Å². The normalized spacial score (nSPS) is 48.6. The Balaban J connectivity index is 1.92. The molecule has 0 bridgehead atoms. The fourth-order valence-corrected chi connectivity index (χ4v) is 2.89. The zero-order valence-corrected chi connectivity index (χ0v) is 11.1. The lowest BCUT2D eigenvalue weighted by atomic mass is 10.0. The Kier molecular flexibility index (Phi) is 2.63. The van der Waals surface area contributed by atoms with Crippen molar-refractivity contribution in [3.8, 4) is 0 Å². The summed E-state index contributed by atoms with van der Waals surface area (Å²) in [4.78, 5) is 0. The van der Waals surface area contributed by atoms with Crippen LogP contribution in [0.1, 0.15) is 27.7 Å². The summed E-state index contributed by atoms with van der Waals surface area (Å²) >= 11 is 0. The lowest BCUT2D eigenvalue weighted by molar-refractivity contribution is -0.175. The molecule has 1 aliphatic carbocycles. The molecule has 2 aliphatic heterocycles. The average molecular weight is 256 g/mol. The molecule has 3 aliphatic rings. The summed E-state index contributed by atoms with van der Waals surface area (Å²) in [5.74, 6) is -1.34. The summed E-state index contributed by atoms with van der Waals surface area (Å²) in [6, 6.07) is 0. The van der Waals surface area contributed by atoms with Crippen molar-refractivity contribution in [2.45, 2.75) is 69.8 Å². The minimum Gasteiger partial charge on any atom is -0.386 e. The molecule has 0 unspecified atom stereocenters. The van der Waals surface area contributed by atoms with Crippen molar-refractivity contribution in [3.05, 3.63) is 12.2 Å². The molecule has 5 nitrogen and oxygen atoms in total. The highest BCUT2D eigenvalue weighted by atomic mass is 16.8. The highest BCUT2D eigenvalue weighted by Crippen LogP contribution is 2.41. The molecule has 0 radical (unpaired) electrons. The first-order valence-corrected chi connectivity index (χ1v) is 6.35. The van der Waals surface area contributed by atoms with E-state index in [4.69, 9.17) is 18.9 Å². The van der Waals surface area contributed by atoms with Crippen molar-refractivity contribution in [1.29, 1.82) is 0 Å². The van der Waals surface area contributed by atoms with Crippen LogP contribution in [0.2, 0.25) is 0 Å². The van der Waals surface area contributed by atoms with Crippen LogP contribution in [0.5, 0.6) is 0 Å². The van der Waals surface area contributed by atoms with Crippen molar-refractivity contribution >= 4 is 0 Å². The number of fused-ring (bicyclic) bond motifs is 3. The van der Waals surface area contributed by atoms with Crippen LogP contribution < -0.4 is 0 Å². The minimum absolute atomic E-state index is 0.206. The zero-order valence-electron chi connectivity index (χ0n) is 11.1. The quantitative estimate of drug-likeness (QED) is 0.654. The van der Waals surface area contributed by atoms with Gasteiger partial charge in [0.2, 0.25) is 0 Å². The van der Waals surface area contributed by atoms with E-state index in [1.54, 1.807) is 6.08 Å². The molecule has 0 amide bonds. The van der Waals surface area contributed by atoms with Crippen LogP contribution in [0.3, 0.4) is 0 Å². The third-order valence-corrected chi connectivity index (χ3v) is 3.49. The number of aliphatic hydroxyl groups is 1. The van der Waals surface area contributed by atoms with Gasteiger partial charge in [-0.15, -0.1) is 0 Å². The molecule has 0 aromatic heterocycles. The number of aliphatic hydroxyl groups excluding tert-OH is 1. The van der Waals surface area contributed by atoms with Crippen LogP contribution in [0.15, 0.2) is 12.2 Å². The molecule has 0 aromatic rings. The fourth-order valence-electron chi connectivity index (χ4n) is 2.89. The van der Waals surface area contributed by atoms with E-state index in [9.17, 15) is 5.11 Å². The van der Waals surface area contributed by atoms with Gasteiger partial charge in [-0.2, -0.15) is 0 Å². The van der Waals surface area contributed by atoms with Crippen LogP contribution in [0.4, 0.5) is 0 Å². The zero-order chi connectivity index (χ0) is 13.1. The van der Waals surface area contributed by atoms with Gasteiger partial charge in [-0.25, -0.2) is 0 Å². The molecule has 1 N–H and O–H groups in total. The number of hydrogen-bond donors (Lipinski definition) is 1. The van der Waals surface area contributed by atoms with E-state index in [0.29, 0.717) is 0 Å². The SMILES string of the molecule is CC1(C)O[C@H]2[C@@H]3OC(C)(C)O[C@H]3C=C[C@H](O)[C@H]2O1. The highest BCUT2D eigenvalue weighted by molar-refractivity contribution is 5.12. The Hall–Kier alpha value is -0.460. The van der Waals surface area contributed by atoms with Crippen molar-refractivity contribution in [2.24, 2.45) is 0 Å². The van der Waals surface area contributed by atoms with E-state index in [1.165, 1.54) is 0 Å². The third kappa shape index (κ3) is 2.00. The Morgan fingerprint density at radius 1 is 0.778 bits per heavy atom. The second-order valence-electron chi connectivity index (χ2n) is 6.01. The molecule has 2 saturated heterocycles. The largest absolute Gasteiger partial charge is 0.386 e. The lowest BCUT2D eigenvalue weighted by Gasteiger charge is -2.24. The summed E-state index contributed by atoms with van der Waals surface area (Å²) in [6.45, 7) is 7.44. The van der Waals surface area contributed by atoms with Gasteiger partial charge in [0.25, 0.3) is 0 Å². The summed E-state index contributed by atoms with van der Waals surface area (Å²) in [5, 5.41) is 10.1. The van der Waals surface area contributed by atoms with E-state index in [-0.39, 0.29) is 18.3 Å². The highest BCUT2D eigenvalue weighted by Gasteiger charge is 2.55. The van der Waals surface area contributed by atoms with Gasteiger partial charge >= 0.3 is 0 Å². The Morgan fingerprint density at radius 3 is 2.06 bits per heavy atom. The first-order valence-electron chi connectivity index (χ1n) is 6.35. The number of hydrogen-bond acceptors (Lipinski definition) is 5. The van der Waals surface area contributed by atoms with Crippen molar-refractivity contribution in [2.75, 3.05) is 0 Å². The van der Waals surface area contributed by atoms with Gasteiger partial charge in [0.05, 0.1) is 0 Å². The molecule has 5 heteroatoms. The van der Waals surface area contributed by atoms with Crippen LogP contribution in [-0.2, 0) is 18.9 Å². The molecule has 0 aromatic carbocycles. The van der Waals surface area contributed by atoms with E-state index < -0.39 is 23.8 Å². The maximum atomic E-state index is 10.1. The molecule has 0 saturated carbocycles. The number of rotatable bonds is 0. The van der Waals surface area contributed by atoms with Gasteiger partial charge < -0.3 is 24.1 Å². The second kappa shape index (κ2) is 3.77. The Morgan fingerprint density at radius 2 is 1.33 bits per heavy atom. The number of ether oxygens (including phenoxy) is 4. The van der Waals surface area contributed by atoms with Gasteiger partial charge in [-0.3, -0.25) is 0 Å². The molecule has 3 rings (SSSR count). The predicted octanol–water partition coefficient (Wildman–Crippen LogP) is 0.957. The maximum Gasteiger partial charge on any atom is 0.164 e. The van der Waals surface area contributed by atoms with E-state index in [2.05, 4.69) is 0 Å². The summed E-state index contributed by atoms with van der Waals surface area (Å²) in [5.41, 5.74) is 0. The van der Waals surface area contributed by atoms with Crippen molar-refractivity contribution in [3.63, 3.8) is 0 Å². The smallest absolute Gasteiger partial charge is 0.164 e. The first-order chi connectivity index (χ1) is 8.27. The standard InChI is InChI=1S/C13H20O5/c1-12(2)15-8-6-5-7(14)9-11(10(8)17-12)18-13(3,4)16-9/h5-11,14H,1-4H3/t7-,8-,9+,10+,11+/m0/s1. The first kappa shape index (κ1) is 12.6. The van der Waals surface area contributed by atoms with Crippen LogP contribution in [-0.4, -0.2) is 47.2 Å². The van der Waals surface area contributed by atoms with Gasteiger partial charge in [-0.05, 0) is 27.7 Å². The monoisotopic (exact) mass is 256 g/mol. The van der Waals surface area contributed by atoms with Gasteiger partial charge in [0.1, 0.15) is 30.5 Å². The summed E-state index contributed by atoms with van der Waals surface area (Å²) < 4.78 is 23.3. The topological polar surface area (TPSA) is 57.2 Å². The molecule has 2 heterocycles. The van der Waals surface area contributed by atoms with Crippen LogP contribution in [0, 0.1) is 0 Å². The lowest BCUT2D eigenvalue weighted by Crippen LogP contribution is -2.43. The molecule has 5 atom stereocenters. The molecule has 18 heavy (non-hydrogen) atoms. The Bertz CT molecular complexity index is 376. The van der Waals surface area contributed by atoms with Crippen LogP contribution >= 0.6 is 0 Å². The Labute approximate surface area is 107 Å². The molecule has 0 spiro atoms. The second-order valence-corrected chi connectivity index (χ2v) is 6.01. The van der Waals surface area contributed by atoms with E-state index in [1.807, 2.05) is 33.8 Å². The summed E-state index contributed by atoms with van der Waals surface area (Å²) in [6.07, 6.45) is 1.65. The maximum absolute atomic E-state index is 10.1. The molecular formula is C13H20O5. The van der Waals surface area contributed by atoms with Crippen molar-refractivity contribution in [1.82, 2.24) is 0 Å². The fraction of sp³-hybridized carbons (Fsp3) is 0.846. The van der Waals surface area contributed by atoms with Gasteiger partial charge in [0.15, 0.2) is 11.6 Å². The molecule has 102 valence electrons. The predicted molar refractivity (Wildman–Crippen MR) is 62.8 cm³/mol. The average Bonchev–Trinajstić information content (AvgIpc) is 2.68. The van der Waals surface area contributed by atoms with E-state index >= 15 is 0 Å². The minimum atomic E-state index is -0.706. The van der Waals surface area contributed by atoms with Crippen LogP contribution in [0.25, 0.3) is 0 Å². The van der Waals surface area contributed by atoms with E-state index in [0.717, 1.165) is 0 Å². The third-order valence-electron chi connectivity index (χ3n) is 3.49. The van der Waals surface area contributed by atoms with Gasteiger partial charge in [0, 0.05) is 0 Å².